The summed E-state index contributed by atoms with van der Waals surface area (Å²) in [5.41, 5.74) is 15.3. The van der Waals surface area contributed by atoms with Crippen molar-refractivity contribution in [1.29, 1.82) is 0 Å². The molecule has 6 heteroatoms. The van der Waals surface area contributed by atoms with Crippen molar-refractivity contribution in [2.75, 3.05) is 0 Å². The third-order valence-electron chi connectivity index (χ3n) is 16.3. The molecular formula is C70H52N6. The van der Waals surface area contributed by atoms with Gasteiger partial charge >= 0.3 is 0 Å². The van der Waals surface area contributed by atoms with E-state index in [1.54, 1.807) is 0 Å². The molecule has 4 aromatic heterocycles. The minimum absolute atomic E-state index is 0.0261. The molecule has 1 saturated carbocycles. The molecule has 0 N–H and O–H groups in total. The molecule has 0 spiro atoms. The van der Waals surface area contributed by atoms with E-state index in [-0.39, 0.29) is 18.0 Å². The highest BCUT2D eigenvalue weighted by molar-refractivity contribution is 6.13. The summed E-state index contributed by atoms with van der Waals surface area (Å²) < 4.78 is 7.93. The van der Waals surface area contributed by atoms with Gasteiger partial charge in [-0.15, -0.1) is 0 Å². The molecule has 0 bridgehead atoms. The Kier molecular flexibility index (Phi) is 10.6. The lowest BCUT2D eigenvalue weighted by Crippen LogP contribution is -2.24. The van der Waals surface area contributed by atoms with Crippen LogP contribution in [0.4, 0.5) is 0 Å². The normalized spacial score (nSPS) is 16.1. The molecule has 0 amide bonds. The Morgan fingerprint density at radius 1 is 0.303 bits per heavy atom. The zero-order valence-electron chi connectivity index (χ0n) is 41.9. The van der Waals surface area contributed by atoms with Crippen LogP contribution in [0.1, 0.15) is 49.5 Å². The van der Waals surface area contributed by atoms with Crippen molar-refractivity contribution < 1.29 is 0 Å². The topological polar surface area (TPSA) is 53.5 Å². The van der Waals surface area contributed by atoms with E-state index < -0.39 is 0 Å². The third kappa shape index (κ3) is 7.35. The molecule has 4 heterocycles. The number of nitrogens with zero attached hydrogens (tertiary/aromatic N) is 6. The van der Waals surface area contributed by atoms with Gasteiger partial charge in [0.2, 0.25) is 0 Å². The van der Waals surface area contributed by atoms with Crippen LogP contribution in [0.2, 0.25) is 0 Å². The molecule has 14 aromatic rings. The van der Waals surface area contributed by atoms with Crippen LogP contribution < -0.4 is 0 Å². The number of fused-ring (bicyclic) bond motifs is 9. The summed E-state index contributed by atoms with van der Waals surface area (Å²) in [5, 5.41) is 7.55. The molecular weight excluding hydrogens is 925 g/mol. The van der Waals surface area contributed by atoms with E-state index in [0.29, 0.717) is 11.6 Å². The zero-order valence-corrected chi connectivity index (χ0v) is 41.9. The molecule has 76 heavy (non-hydrogen) atoms. The van der Waals surface area contributed by atoms with Crippen molar-refractivity contribution in [2.24, 2.45) is 0 Å². The number of hydrogen-bond acceptors (Lipinski definition) is 3. The summed E-state index contributed by atoms with van der Waals surface area (Å²) in [6.07, 6.45) is 3.71. The molecule has 1 aliphatic rings. The summed E-state index contributed by atoms with van der Waals surface area (Å²) in [5.74, 6) is 2.30. The minimum atomic E-state index is -0.0261. The average molecular weight is 977 g/mol. The Balaban J connectivity index is 0.992. The van der Waals surface area contributed by atoms with Gasteiger partial charge < -0.3 is 13.7 Å². The van der Waals surface area contributed by atoms with Gasteiger partial charge in [0.25, 0.3) is 0 Å². The fourth-order valence-corrected chi connectivity index (χ4v) is 12.9. The van der Waals surface area contributed by atoms with Gasteiger partial charge in [0.15, 0.2) is 11.6 Å². The molecule has 6 nitrogen and oxygen atoms in total. The Bertz CT molecular complexity index is 4270. The largest absolute Gasteiger partial charge is 0.335 e. The van der Waals surface area contributed by atoms with Crippen molar-refractivity contribution in [3.05, 3.63) is 255 Å². The highest BCUT2D eigenvalue weighted by atomic mass is 15.1. The van der Waals surface area contributed by atoms with Crippen LogP contribution in [-0.4, -0.2) is 28.7 Å². The summed E-state index contributed by atoms with van der Waals surface area (Å²) in [6.45, 7) is 0. The fourth-order valence-electron chi connectivity index (χ4n) is 12.9. The summed E-state index contributed by atoms with van der Waals surface area (Å²) in [7, 11) is 0. The number of para-hydroxylation sites is 3. The second-order valence-electron chi connectivity index (χ2n) is 20.6. The smallest absolute Gasteiger partial charge is 0.163 e. The predicted octanol–water partition coefficient (Wildman–Crippen LogP) is 18.0. The van der Waals surface area contributed by atoms with Crippen molar-refractivity contribution in [3.8, 4) is 50.7 Å². The molecule has 3 atom stereocenters. The average Bonchev–Trinajstić information content (AvgIpc) is 4.09. The van der Waals surface area contributed by atoms with Crippen LogP contribution in [-0.2, 0) is 0 Å². The first-order valence-corrected chi connectivity index (χ1v) is 26.8. The first-order chi connectivity index (χ1) is 37.7. The van der Waals surface area contributed by atoms with Crippen LogP contribution in [0.25, 0.3) is 116 Å². The maximum Gasteiger partial charge on any atom is 0.163 e. The summed E-state index contributed by atoms with van der Waals surface area (Å²) >= 11 is 0. The van der Waals surface area contributed by atoms with E-state index in [0.717, 1.165) is 48.3 Å². The monoisotopic (exact) mass is 976 g/mol. The third-order valence-corrected chi connectivity index (χ3v) is 16.3. The van der Waals surface area contributed by atoms with Crippen LogP contribution in [0.15, 0.2) is 249 Å². The Labute approximate surface area is 440 Å². The van der Waals surface area contributed by atoms with Crippen molar-refractivity contribution in [1.82, 2.24) is 28.7 Å². The van der Waals surface area contributed by atoms with E-state index in [1.165, 1.54) is 87.7 Å². The van der Waals surface area contributed by atoms with Gasteiger partial charge in [0.1, 0.15) is 5.82 Å². The van der Waals surface area contributed by atoms with Gasteiger partial charge in [-0.05, 0) is 96.1 Å². The van der Waals surface area contributed by atoms with Gasteiger partial charge in [-0.2, -0.15) is 0 Å². The Hall–Kier alpha value is -9.39. The molecule has 3 unspecified atom stereocenters. The van der Waals surface area contributed by atoms with Crippen molar-refractivity contribution in [2.45, 2.75) is 43.7 Å². The lowest BCUT2D eigenvalue weighted by Gasteiger charge is -2.32. The van der Waals surface area contributed by atoms with Crippen molar-refractivity contribution >= 4 is 65.4 Å². The lowest BCUT2D eigenvalue weighted by molar-refractivity contribution is 0.323. The Morgan fingerprint density at radius 3 is 1.28 bits per heavy atom. The van der Waals surface area contributed by atoms with E-state index in [2.05, 4.69) is 262 Å². The molecule has 10 aromatic carbocycles. The van der Waals surface area contributed by atoms with Crippen LogP contribution in [0, 0.1) is 0 Å². The molecule has 0 radical (unpaired) electrons. The maximum absolute atomic E-state index is 5.46. The van der Waals surface area contributed by atoms with E-state index >= 15 is 0 Å². The fraction of sp³-hybridized carbons (Fsp3) is 0.100. The number of rotatable bonds is 8. The SMILES string of the molecule is c1ccc(-c2ccc3c(c2)c2cc(-c4ccccc4)ccc2n3C2CCCC(c3nc(-c4ccccc4)nc(-c4ccccc4)n3)CC2n2c3ccccc3c3ccc(-n4c5ccccc5c5ccccc54)cc32)cc1. The van der Waals surface area contributed by atoms with Gasteiger partial charge in [0, 0.05) is 71.6 Å². The predicted molar refractivity (Wildman–Crippen MR) is 314 cm³/mol. The molecule has 0 aliphatic heterocycles. The molecule has 362 valence electrons. The quantitative estimate of drug-likeness (QED) is 0.143. The standard InChI is InChI=1S/C70H52N6/c1-5-20-46(21-6-1)50-36-40-63-58(42-50)59-43-51(47-22-7-2-8-23-47)37-41-64(59)75(63)65-35-19-28-52(70-72-68(48-24-9-3-10-25-48)71-69(73-70)49-26-11-4-12-27-49)44-67(65)76-62-34-18-15-31-56(62)57-39-38-53(45-66(57)76)74-60-32-16-13-29-54(60)55-30-14-17-33-61(55)74/h1-18,20-27,29-34,36-43,45,52,65,67H,19,28,35,44H2. The second-order valence-corrected chi connectivity index (χ2v) is 20.6. The minimum Gasteiger partial charge on any atom is -0.335 e. The van der Waals surface area contributed by atoms with Gasteiger partial charge in [-0.1, -0.05) is 201 Å². The molecule has 0 saturated heterocycles. The van der Waals surface area contributed by atoms with E-state index in [9.17, 15) is 0 Å². The highest BCUT2D eigenvalue weighted by Gasteiger charge is 2.37. The number of hydrogen-bond donors (Lipinski definition) is 0. The Morgan fingerprint density at radius 2 is 0.737 bits per heavy atom. The van der Waals surface area contributed by atoms with Crippen molar-refractivity contribution in [3.63, 3.8) is 0 Å². The first-order valence-electron chi connectivity index (χ1n) is 26.8. The van der Waals surface area contributed by atoms with E-state index in [1.807, 2.05) is 0 Å². The molecule has 1 fully saturated rings. The first kappa shape index (κ1) is 44.1. The number of benzene rings is 10. The maximum atomic E-state index is 5.46. The van der Waals surface area contributed by atoms with Gasteiger partial charge in [-0.25, -0.2) is 15.0 Å². The van der Waals surface area contributed by atoms with Crippen LogP contribution >= 0.6 is 0 Å². The van der Waals surface area contributed by atoms with Crippen LogP contribution in [0.5, 0.6) is 0 Å². The molecule has 15 rings (SSSR count). The zero-order chi connectivity index (χ0) is 50.1. The van der Waals surface area contributed by atoms with Crippen LogP contribution in [0.3, 0.4) is 0 Å². The second kappa shape index (κ2) is 18.2. The highest BCUT2D eigenvalue weighted by Crippen LogP contribution is 2.50. The summed E-state index contributed by atoms with van der Waals surface area (Å²) in [6, 6.07) is 90.8. The molecule has 1 aliphatic carbocycles. The van der Waals surface area contributed by atoms with Gasteiger partial charge in [0.05, 0.1) is 28.6 Å². The lowest BCUT2D eigenvalue weighted by atomic mass is 9.94. The summed E-state index contributed by atoms with van der Waals surface area (Å²) in [4.78, 5) is 16.1. The van der Waals surface area contributed by atoms with Gasteiger partial charge in [-0.3, -0.25) is 0 Å². The number of aromatic nitrogens is 6. The van der Waals surface area contributed by atoms with E-state index in [4.69, 9.17) is 15.0 Å².